The lowest BCUT2D eigenvalue weighted by Gasteiger charge is -2.17. The van der Waals surface area contributed by atoms with Crippen molar-refractivity contribution in [2.75, 3.05) is 27.2 Å². The Morgan fingerprint density at radius 2 is 2.00 bits per heavy atom. The number of hydrogen-bond donors (Lipinski definition) is 1. The molecule has 1 fully saturated rings. The summed E-state index contributed by atoms with van der Waals surface area (Å²) in [5.41, 5.74) is 0. The van der Waals surface area contributed by atoms with Gasteiger partial charge in [0.2, 0.25) is 0 Å². The Hall–Kier alpha value is -2.96. The predicted molar refractivity (Wildman–Crippen MR) is 96.0 cm³/mol. The van der Waals surface area contributed by atoms with Crippen molar-refractivity contribution >= 4 is 11.9 Å². The molecule has 7 heteroatoms. The second kappa shape index (κ2) is 7.95. The summed E-state index contributed by atoms with van der Waals surface area (Å²) in [6.45, 7) is 1.43. The lowest BCUT2D eigenvalue weighted by Crippen LogP contribution is -2.39. The van der Waals surface area contributed by atoms with Crippen molar-refractivity contribution in [1.82, 2.24) is 15.1 Å². The van der Waals surface area contributed by atoms with Crippen LogP contribution in [0.25, 0.3) is 0 Å². The van der Waals surface area contributed by atoms with E-state index < -0.39 is 0 Å². The van der Waals surface area contributed by atoms with Crippen molar-refractivity contribution in [1.29, 1.82) is 0 Å². The van der Waals surface area contributed by atoms with Gasteiger partial charge < -0.3 is 24.3 Å². The molecule has 3 amide bonds. The van der Waals surface area contributed by atoms with Gasteiger partial charge in [-0.3, -0.25) is 4.79 Å². The molecule has 0 spiro atoms. The highest BCUT2D eigenvalue weighted by molar-refractivity contribution is 5.91. The van der Waals surface area contributed by atoms with E-state index >= 15 is 0 Å². The van der Waals surface area contributed by atoms with Gasteiger partial charge in [0.15, 0.2) is 5.76 Å². The zero-order chi connectivity index (χ0) is 18.5. The van der Waals surface area contributed by atoms with Crippen molar-refractivity contribution in [3.8, 4) is 5.75 Å². The molecule has 0 saturated carbocycles. The van der Waals surface area contributed by atoms with Gasteiger partial charge in [0.05, 0.1) is 13.1 Å². The first-order valence-corrected chi connectivity index (χ1v) is 8.58. The summed E-state index contributed by atoms with van der Waals surface area (Å²) >= 11 is 0. The third kappa shape index (κ3) is 4.36. The molecule has 1 aliphatic rings. The van der Waals surface area contributed by atoms with Crippen LogP contribution in [0.3, 0.4) is 0 Å². The van der Waals surface area contributed by atoms with E-state index in [1.54, 1.807) is 31.1 Å². The van der Waals surface area contributed by atoms with Crippen LogP contribution in [0.5, 0.6) is 5.75 Å². The fourth-order valence-electron chi connectivity index (χ4n) is 2.78. The maximum Gasteiger partial charge on any atom is 0.317 e. The van der Waals surface area contributed by atoms with Crippen LogP contribution in [0.4, 0.5) is 4.79 Å². The van der Waals surface area contributed by atoms with Crippen LogP contribution in [-0.2, 0) is 6.54 Å². The zero-order valence-corrected chi connectivity index (χ0v) is 15.0. The molecule has 2 aromatic rings. The maximum atomic E-state index is 12.3. The number of benzene rings is 1. The van der Waals surface area contributed by atoms with Crippen molar-refractivity contribution in [3.05, 3.63) is 54.0 Å². The Morgan fingerprint density at radius 1 is 1.23 bits per heavy atom. The summed E-state index contributed by atoms with van der Waals surface area (Å²) in [6, 6.07) is 12.7. The molecule has 0 unspecified atom stereocenters. The number of furan rings is 1. The molecule has 0 radical (unpaired) electrons. The van der Waals surface area contributed by atoms with Gasteiger partial charge >= 0.3 is 6.03 Å². The molecule has 1 saturated heterocycles. The van der Waals surface area contributed by atoms with Crippen LogP contribution >= 0.6 is 0 Å². The number of carbonyl (C=O) groups excluding carboxylic acids is 2. The Kier molecular flexibility index (Phi) is 5.46. The molecule has 0 bridgehead atoms. The molecule has 7 nitrogen and oxygen atoms in total. The van der Waals surface area contributed by atoms with Crippen LogP contribution in [0.1, 0.15) is 22.7 Å². The Balaban J connectivity index is 1.46. The third-order valence-electron chi connectivity index (χ3n) is 4.17. The fourth-order valence-corrected chi connectivity index (χ4v) is 2.78. The number of nitrogens with one attached hydrogen (secondary N) is 1. The maximum absolute atomic E-state index is 12.3. The first kappa shape index (κ1) is 17.8. The topological polar surface area (TPSA) is 75.0 Å². The van der Waals surface area contributed by atoms with E-state index in [2.05, 4.69) is 5.32 Å². The minimum Gasteiger partial charge on any atom is -0.489 e. The Bertz CT molecular complexity index is 757. The molecular weight excluding hydrogens is 334 g/mol. The van der Waals surface area contributed by atoms with Crippen LogP contribution in [0, 0.1) is 0 Å². The molecule has 1 aliphatic heterocycles. The molecule has 1 aromatic heterocycles. The van der Waals surface area contributed by atoms with Crippen molar-refractivity contribution in [3.63, 3.8) is 0 Å². The smallest absolute Gasteiger partial charge is 0.317 e. The minimum atomic E-state index is -0.206. The standard InChI is InChI=1S/C19H23N3O4/c1-21(2)18(23)17-9-8-15(26-17)12-20-19(24)22-11-10-16(13-22)25-14-6-4-3-5-7-14/h3-9,16H,10-13H2,1-2H3,(H,20,24)/t16-/m0/s1. The molecule has 3 rings (SSSR count). The molecule has 1 aromatic carbocycles. The fraction of sp³-hybridized carbons (Fsp3) is 0.368. The highest BCUT2D eigenvalue weighted by Crippen LogP contribution is 2.18. The predicted octanol–water partition coefficient (Wildman–Crippen LogP) is 2.34. The molecule has 1 N–H and O–H groups in total. The minimum absolute atomic E-state index is 0.00363. The highest BCUT2D eigenvalue weighted by atomic mass is 16.5. The Labute approximate surface area is 152 Å². The van der Waals surface area contributed by atoms with Gasteiger partial charge in [-0.2, -0.15) is 0 Å². The van der Waals surface area contributed by atoms with Gasteiger partial charge in [-0.15, -0.1) is 0 Å². The molecule has 1 atom stereocenters. The van der Waals surface area contributed by atoms with E-state index in [1.165, 1.54) is 4.90 Å². The summed E-state index contributed by atoms with van der Waals surface area (Å²) < 4.78 is 11.4. The lowest BCUT2D eigenvalue weighted by atomic mass is 10.3. The second-order valence-corrected chi connectivity index (χ2v) is 6.41. The normalized spacial score (nSPS) is 16.4. The number of amides is 3. The van der Waals surface area contributed by atoms with E-state index in [-0.39, 0.29) is 30.3 Å². The Morgan fingerprint density at radius 3 is 2.73 bits per heavy atom. The average molecular weight is 357 g/mol. The van der Waals surface area contributed by atoms with E-state index in [9.17, 15) is 9.59 Å². The average Bonchev–Trinajstić information content (AvgIpc) is 3.29. The molecular formula is C19H23N3O4. The monoisotopic (exact) mass is 357 g/mol. The van der Waals surface area contributed by atoms with Crippen molar-refractivity contribution in [2.24, 2.45) is 0 Å². The number of likely N-dealkylation sites (tertiary alicyclic amines) is 1. The van der Waals surface area contributed by atoms with Gasteiger partial charge in [0.1, 0.15) is 17.6 Å². The van der Waals surface area contributed by atoms with Crippen LogP contribution < -0.4 is 10.1 Å². The summed E-state index contributed by atoms with van der Waals surface area (Å²) in [4.78, 5) is 27.3. The van der Waals surface area contributed by atoms with Crippen LogP contribution in [0.15, 0.2) is 46.9 Å². The zero-order valence-electron chi connectivity index (χ0n) is 15.0. The first-order chi connectivity index (χ1) is 12.5. The largest absolute Gasteiger partial charge is 0.489 e. The molecule has 0 aliphatic carbocycles. The lowest BCUT2D eigenvalue weighted by molar-refractivity contribution is 0.0794. The highest BCUT2D eigenvalue weighted by Gasteiger charge is 2.27. The summed E-state index contributed by atoms with van der Waals surface area (Å²) in [7, 11) is 3.32. The van der Waals surface area contributed by atoms with Gasteiger partial charge in [0.25, 0.3) is 5.91 Å². The number of hydrogen-bond acceptors (Lipinski definition) is 4. The summed E-state index contributed by atoms with van der Waals surface area (Å²) in [6.07, 6.45) is 0.793. The molecule has 138 valence electrons. The second-order valence-electron chi connectivity index (χ2n) is 6.41. The van der Waals surface area contributed by atoms with Gasteiger partial charge in [-0.25, -0.2) is 4.79 Å². The first-order valence-electron chi connectivity index (χ1n) is 8.58. The van der Waals surface area contributed by atoms with Crippen molar-refractivity contribution < 1.29 is 18.7 Å². The summed E-state index contributed by atoms with van der Waals surface area (Å²) in [5.74, 6) is 1.41. The number of ether oxygens (including phenoxy) is 1. The number of carbonyl (C=O) groups is 2. The molecule has 26 heavy (non-hydrogen) atoms. The van der Waals surface area contributed by atoms with Crippen LogP contribution in [0.2, 0.25) is 0 Å². The van der Waals surface area contributed by atoms with E-state index in [1.807, 2.05) is 30.3 Å². The summed E-state index contributed by atoms with van der Waals surface area (Å²) in [5, 5.41) is 2.82. The number of rotatable bonds is 5. The van der Waals surface area contributed by atoms with Crippen molar-refractivity contribution in [2.45, 2.75) is 19.1 Å². The number of urea groups is 1. The van der Waals surface area contributed by atoms with Gasteiger partial charge in [-0.1, -0.05) is 18.2 Å². The van der Waals surface area contributed by atoms with E-state index in [0.29, 0.717) is 18.8 Å². The van der Waals surface area contributed by atoms with E-state index in [0.717, 1.165) is 12.2 Å². The van der Waals surface area contributed by atoms with E-state index in [4.69, 9.17) is 9.15 Å². The third-order valence-corrected chi connectivity index (χ3v) is 4.17. The van der Waals surface area contributed by atoms with Crippen LogP contribution in [-0.4, -0.2) is 55.0 Å². The molecule has 2 heterocycles. The SMILES string of the molecule is CN(C)C(=O)c1ccc(CNC(=O)N2CC[C@H](Oc3ccccc3)C2)o1. The van der Waals surface area contributed by atoms with Gasteiger partial charge in [-0.05, 0) is 24.3 Å². The quantitative estimate of drug-likeness (QED) is 0.891. The van der Waals surface area contributed by atoms with Gasteiger partial charge in [0, 0.05) is 27.1 Å². The number of para-hydroxylation sites is 1. The number of nitrogens with zero attached hydrogens (tertiary/aromatic N) is 2.